The fourth-order valence-corrected chi connectivity index (χ4v) is 2.40. The summed E-state index contributed by atoms with van der Waals surface area (Å²) in [5.41, 5.74) is 0. The average molecular weight is 230 g/mol. The minimum atomic E-state index is -0.622. The molecule has 0 bridgehead atoms. The Hall–Kier alpha value is -0.610. The fraction of sp³-hybridized carbons (Fsp3) is 0.917. The van der Waals surface area contributed by atoms with E-state index in [0.29, 0.717) is 25.7 Å². The van der Waals surface area contributed by atoms with E-state index in [1.165, 1.54) is 0 Å². The van der Waals surface area contributed by atoms with Crippen LogP contribution in [0.1, 0.15) is 32.1 Å². The summed E-state index contributed by atoms with van der Waals surface area (Å²) < 4.78 is 10.2. The molecule has 0 heterocycles. The molecule has 0 saturated heterocycles. The molecule has 2 unspecified atom stereocenters. The van der Waals surface area contributed by atoms with Gasteiger partial charge in [0.1, 0.15) is 0 Å². The third kappa shape index (κ3) is 4.49. The van der Waals surface area contributed by atoms with Crippen molar-refractivity contribution in [1.29, 1.82) is 0 Å². The number of carboxylic acid groups (broad SMARTS) is 1. The van der Waals surface area contributed by atoms with Gasteiger partial charge in [0.15, 0.2) is 0 Å². The largest absolute Gasteiger partial charge is 0.481 e. The van der Waals surface area contributed by atoms with Crippen LogP contribution in [0.3, 0.4) is 0 Å². The maximum atomic E-state index is 10.9. The lowest BCUT2D eigenvalue weighted by atomic mass is 9.92. The van der Waals surface area contributed by atoms with Crippen LogP contribution in [0.2, 0.25) is 0 Å². The van der Waals surface area contributed by atoms with Gasteiger partial charge in [-0.25, -0.2) is 0 Å². The topological polar surface area (TPSA) is 55.8 Å². The lowest BCUT2D eigenvalue weighted by molar-refractivity contribution is -0.143. The molecule has 0 aromatic heterocycles. The molecule has 4 heteroatoms. The highest BCUT2D eigenvalue weighted by atomic mass is 16.5. The Labute approximate surface area is 96.9 Å². The Morgan fingerprint density at radius 3 is 2.81 bits per heavy atom. The second-order valence-electron chi connectivity index (χ2n) is 4.38. The van der Waals surface area contributed by atoms with Crippen molar-refractivity contribution in [3.8, 4) is 0 Å². The number of aliphatic carboxylic acids is 1. The third-order valence-corrected chi connectivity index (χ3v) is 3.27. The molecule has 94 valence electrons. The van der Waals surface area contributed by atoms with E-state index in [0.717, 1.165) is 32.1 Å². The summed E-state index contributed by atoms with van der Waals surface area (Å²) in [5.74, 6) is -0.370. The zero-order valence-corrected chi connectivity index (χ0v) is 9.98. The normalized spacial score (nSPS) is 24.8. The molecule has 1 saturated carbocycles. The van der Waals surface area contributed by atoms with E-state index >= 15 is 0 Å². The van der Waals surface area contributed by atoms with Gasteiger partial charge < -0.3 is 14.6 Å². The van der Waals surface area contributed by atoms with E-state index in [2.05, 4.69) is 0 Å². The van der Waals surface area contributed by atoms with Gasteiger partial charge in [0.05, 0.1) is 19.1 Å². The zero-order chi connectivity index (χ0) is 11.8. The van der Waals surface area contributed by atoms with Crippen LogP contribution in [0.5, 0.6) is 0 Å². The third-order valence-electron chi connectivity index (χ3n) is 3.27. The quantitative estimate of drug-likeness (QED) is 0.647. The Kier molecular flexibility index (Phi) is 6.42. The maximum absolute atomic E-state index is 10.9. The molecule has 1 N–H and O–H groups in total. The molecule has 1 rings (SSSR count). The fourth-order valence-electron chi connectivity index (χ4n) is 2.40. The molecule has 0 aromatic rings. The highest BCUT2D eigenvalue weighted by Gasteiger charge is 2.31. The van der Waals surface area contributed by atoms with Crippen LogP contribution >= 0.6 is 0 Å². The second kappa shape index (κ2) is 7.63. The van der Waals surface area contributed by atoms with E-state index < -0.39 is 5.97 Å². The average Bonchev–Trinajstić information content (AvgIpc) is 2.71. The van der Waals surface area contributed by atoms with Crippen LogP contribution in [0.25, 0.3) is 0 Å². The first-order chi connectivity index (χ1) is 7.75. The van der Waals surface area contributed by atoms with E-state index in [1.54, 1.807) is 7.11 Å². The molecule has 0 aliphatic heterocycles. The minimum absolute atomic E-state index is 0.112. The maximum Gasteiger partial charge on any atom is 0.306 e. The number of hydrogen-bond donors (Lipinski definition) is 1. The Morgan fingerprint density at radius 2 is 2.12 bits per heavy atom. The van der Waals surface area contributed by atoms with E-state index in [4.69, 9.17) is 14.6 Å². The monoisotopic (exact) mass is 230 g/mol. The number of ether oxygens (including phenoxy) is 2. The Bertz CT molecular complexity index is 205. The summed E-state index contributed by atoms with van der Waals surface area (Å²) in [6.45, 7) is 1.97. The number of methoxy groups -OCH3 is 1. The summed E-state index contributed by atoms with van der Waals surface area (Å²) in [5, 5.41) is 9.01. The molecule has 0 aromatic carbocycles. The second-order valence-corrected chi connectivity index (χ2v) is 4.38. The van der Waals surface area contributed by atoms with Crippen molar-refractivity contribution in [2.45, 2.75) is 32.1 Å². The van der Waals surface area contributed by atoms with Gasteiger partial charge in [-0.05, 0) is 31.6 Å². The number of carbonyl (C=O) groups is 1. The van der Waals surface area contributed by atoms with Crippen molar-refractivity contribution in [3.05, 3.63) is 0 Å². The van der Waals surface area contributed by atoms with E-state index in [9.17, 15) is 4.79 Å². The summed E-state index contributed by atoms with van der Waals surface area (Å²) >= 11 is 0. The number of rotatable bonds is 8. The summed E-state index contributed by atoms with van der Waals surface area (Å²) in [7, 11) is 1.65. The molecule has 2 atom stereocenters. The van der Waals surface area contributed by atoms with Crippen molar-refractivity contribution < 1.29 is 19.4 Å². The molecule has 16 heavy (non-hydrogen) atoms. The standard InChI is InChI=1S/C12H22O4/c1-15-8-9-16-7-3-5-10-4-2-6-11(10)12(13)14/h10-11H,2-9H2,1H3,(H,13,14). The van der Waals surface area contributed by atoms with Crippen molar-refractivity contribution in [2.75, 3.05) is 26.9 Å². The zero-order valence-electron chi connectivity index (χ0n) is 9.98. The van der Waals surface area contributed by atoms with Crippen LogP contribution in [-0.2, 0) is 14.3 Å². The van der Waals surface area contributed by atoms with Crippen molar-refractivity contribution in [3.63, 3.8) is 0 Å². The SMILES string of the molecule is COCCOCCCC1CCCC1C(=O)O. The first kappa shape index (κ1) is 13.5. The summed E-state index contributed by atoms with van der Waals surface area (Å²) in [4.78, 5) is 10.9. The summed E-state index contributed by atoms with van der Waals surface area (Å²) in [6, 6.07) is 0. The van der Waals surface area contributed by atoms with Gasteiger partial charge in [-0.2, -0.15) is 0 Å². The van der Waals surface area contributed by atoms with Crippen molar-refractivity contribution in [1.82, 2.24) is 0 Å². The molecule has 1 fully saturated rings. The molecule has 0 spiro atoms. The molecule has 4 nitrogen and oxygen atoms in total. The first-order valence-corrected chi connectivity index (χ1v) is 6.05. The number of carboxylic acids is 1. The smallest absolute Gasteiger partial charge is 0.306 e. The lowest BCUT2D eigenvalue weighted by Gasteiger charge is -2.15. The molecular formula is C12H22O4. The lowest BCUT2D eigenvalue weighted by Crippen LogP contribution is -2.18. The van der Waals surface area contributed by atoms with Crippen LogP contribution in [0.15, 0.2) is 0 Å². The summed E-state index contributed by atoms with van der Waals surface area (Å²) in [6.07, 6.45) is 4.91. The highest BCUT2D eigenvalue weighted by molar-refractivity contribution is 5.70. The minimum Gasteiger partial charge on any atom is -0.481 e. The predicted octanol–water partition coefficient (Wildman–Crippen LogP) is 1.93. The molecule has 0 amide bonds. The highest BCUT2D eigenvalue weighted by Crippen LogP contribution is 2.34. The molecule has 1 aliphatic rings. The van der Waals surface area contributed by atoms with Gasteiger partial charge in [0.25, 0.3) is 0 Å². The molecular weight excluding hydrogens is 208 g/mol. The Balaban J connectivity index is 2.05. The van der Waals surface area contributed by atoms with Crippen LogP contribution in [-0.4, -0.2) is 38.0 Å². The van der Waals surface area contributed by atoms with Gasteiger partial charge >= 0.3 is 5.97 Å². The van der Waals surface area contributed by atoms with Crippen molar-refractivity contribution in [2.24, 2.45) is 11.8 Å². The number of hydrogen-bond acceptors (Lipinski definition) is 3. The predicted molar refractivity (Wildman–Crippen MR) is 60.4 cm³/mol. The van der Waals surface area contributed by atoms with Gasteiger partial charge in [0.2, 0.25) is 0 Å². The van der Waals surface area contributed by atoms with Crippen molar-refractivity contribution >= 4 is 5.97 Å². The van der Waals surface area contributed by atoms with Gasteiger partial charge in [-0.3, -0.25) is 4.79 Å². The van der Waals surface area contributed by atoms with Gasteiger partial charge in [-0.15, -0.1) is 0 Å². The van der Waals surface area contributed by atoms with Crippen LogP contribution in [0, 0.1) is 11.8 Å². The van der Waals surface area contributed by atoms with Gasteiger partial charge in [0, 0.05) is 13.7 Å². The Morgan fingerprint density at radius 1 is 1.31 bits per heavy atom. The first-order valence-electron chi connectivity index (χ1n) is 6.05. The van der Waals surface area contributed by atoms with Gasteiger partial charge in [-0.1, -0.05) is 6.42 Å². The van der Waals surface area contributed by atoms with Crippen LogP contribution < -0.4 is 0 Å². The van der Waals surface area contributed by atoms with Crippen LogP contribution in [0.4, 0.5) is 0 Å². The molecule has 0 radical (unpaired) electrons. The van der Waals surface area contributed by atoms with E-state index in [-0.39, 0.29) is 5.92 Å². The molecule has 1 aliphatic carbocycles. The van der Waals surface area contributed by atoms with E-state index in [1.807, 2.05) is 0 Å².